The minimum Gasteiger partial charge on any atom is -0.508 e. The molecule has 2 aliphatic carbocycles. The average molecular weight is 196 g/mol. The lowest BCUT2D eigenvalue weighted by atomic mass is 9.83. The summed E-state index contributed by atoms with van der Waals surface area (Å²) in [5, 5.41) is 18.9. The zero-order valence-electron chi connectivity index (χ0n) is 7.14. The number of ether oxygens (including phenoxy) is 1. The third-order valence-corrected chi connectivity index (χ3v) is 3.47. The van der Waals surface area contributed by atoms with E-state index in [0.29, 0.717) is 6.42 Å². The summed E-state index contributed by atoms with van der Waals surface area (Å²) in [5.74, 6) is -3.36. The van der Waals surface area contributed by atoms with E-state index in [9.17, 15) is 19.8 Å². The van der Waals surface area contributed by atoms with Crippen LogP contribution in [0.4, 0.5) is 0 Å². The van der Waals surface area contributed by atoms with Crippen LogP contribution in [0.1, 0.15) is 6.42 Å². The molecular formula is C9H8O5. The molecule has 74 valence electrons. The Kier molecular flexibility index (Phi) is 1.18. The van der Waals surface area contributed by atoms with Gasteiger partial charge in [0, 0.05) is 11.8 Å². The summed E-state index contributed by atoms with van der Waals surface area (Å²) in [6.45, 7) is 0. The van der Waals surface area contributed by atoms with E-state index in [1.165, 1.54) is 0 Å². The molecule has 4 atom stereocenters. The summed E-state index contributed by atoms with van der Waals surface area (Å²) in [6.07, 6.45) is 0.480. The lowest BCUT2D eigenvalue weighted by molar-refractivity contribution is -0.154. The zero-order chi connectivity index (χ0) is 10.0. The first-order valence-electron chi connectivity index (χ1n) is 4.48. The van der Waals surface area contributed by atoms with Crippen LogP contribution < -0.4 is 0 Å². The summed E-state index contributed by atoms with van der Waals surface area (Å²) in [6, 6.07) is 0. The highest BCUT2D eigenvalue weighted by atomic mass is 16.6. The van der Waals surface area contributed by atoms with Gasteiger partial charge in [0.25, 0.3) is 0 Å². The fourth-order valence-electron chi connectivity index (χ4n) is 2.87. The monoisotopic (exact) mass is 196 g/mol. The average Bonchev–Trinajstić information content (AvgIpc) is 2.71. The topological polar surface area (TPSA) is 83.8 Å². The number of hydrogen-bond donors (Lipinski definition) is 2. The second kappa shape index (κ2) is 2.10. The van der Waals surface area contributed by atoms with Crippen LogP contribution in [-0.4, -0.2) is 22.2 Å². The highest BCUT2D eigenvalue weighted by molar-refractivity contribution is 5.98. The molecule has 1 saturated carbocycles. The number of allylic oxidation sites excluding steroid dienone is 2. The van der Waals surface area contributed by atoms with E-state index in [4.69, 9.17) is 0 Å². The lowest BCUT2D eigenvalue weighted by Gasteiger charge is -2.18. The number of carbonyl (C=O) groups excluding carboxylic acids is 2. The van der Waals surface area contributed by atoms with Gasteiger partial charge in [-0.1, -0.05) is 0 Å². The molecule has 1 aliphatic heterocycles. The molecule has 2 fully saturated rings. The van der Waals surface area contributed by atoms with E-state index in [-0.39, 0.29) is 11.5 Å². The SMILES string of the molecule is O=C1OC(=O)[C@H]2[C@@H]1[C@@H]1C[C@H]2C(O)=C1O. The second-order valence-electron chi connectivity index (χ2n) is 4.01. The molecule has 0 amide bonds. The van der Waals surface area contributed by atoms with Crippen LogP contribution >= 0.6 is 0 Å². The van der Waals surface area contributed by atoms with Crippen LogP contribution in [0.3, 0.4) is 0 Å². The maximum atomic E-state index is 11.2. The highest BCUT2D eigenvalue weighted by Crippen LogP contribution is 2.56. The van der Waals surface area contributed by atoms with Crippen LogP contribution in [0.15, 0.2) is 11.5 Å². The molecule has 0 spiro atoms. The molecule has 0 radical (unpaired) electrons. The number of aliphatic hydroxyl groups is 2. The van der Waals surface area contributed by atoms with Gasteiger partial charge in [-0.3, -0.25) is 9.59 Å². The van der Waals surface area contributed by atoms with Gasteiger partial charge in [-0.2, -0.15) is 0 Å². The minimum atomic E-state index is -0.566. The van der Waals surface area contributed by atoms with E-state index >= 15 is 0 Å². The van der Waals surface area contributed by atoms with Crippen LogP contribution in [0.5, 0.6) is 0 Å². The summed E-state index contributed by atoms with van der Waals surface area (Å²) >= 11 is 0. The largest absolute Gasteiger partial charge is 0.508 e. The quantitative estimate of drug-likeness (QED) is 0.429. The molecule has 14 heavy (non-hydrogen) atoms. The van der Waals surface area contributed by atoms with Gasteiger partial charge in [-0.05, 0) is 6.42 Å². The van der Waals surface area contributed by atoms with Gasteiger partial charge < -0.3 is 14.9 Å². The first kappa shape index (κ1) is 7.84. The standard InChI is InChI=1S/C9H8O5/c10-6-2-1-3(7(6)11)5-4(2)8(12)14-9(5)13/h2-5,10-11H,1H2/t2-,3+,4-,5+. The Morgan fingerprint density at radius 2 is 1.43 bits per heavy atom. The first-order valence-corrected chi connectivity index (χ1v) is 4.48. The smallest absolute Gasteiger partial charge is 0.318 e. The predicted octanol–water partition coefficient (Wildman–Crippen LogP) is 0.279. The number of fused-ring (bicyclic) bond motifs is 5. The first-order chi connectivity index (χ1) is 6.61. The molecule has 3 rings (SSSR count). The molecule has 0 aromatic rings. The Bertz CT molecular complexity index is 349. The Balaban J connectivity index is 2.10. The summed E-state index contributed by atoms with van der Waals surface area (Å²) in [4.78, 5) is 22.5. The fourth-order valence-corrected chi connectivity index (χ4v) is 2.87. The fraction of sp³-hybridized carbons (Fsp3) is 0.556. The predicted molar refractivity (Wildman–Crippen MR) is 42.0 cm³/mol. The second-order valence-corrected chi connectivity index (χ2v) is 4.01. The normalized spacial score (nSPS) is 44.6. The Morgan fingerprint density at radius 1 is 1.00 bits per heavy atom. The molecule has 5 heteroatoms. The van der Waals surface area contributed by atoms with E-state index in [2.05, 4.69) is 4.74 Å². The Morgan fingerprint density at radius 3 is 1.86 bits per heavy atom. The lowest BCUT2D eigenvalue weighted by Crippen LogP contribution is -2.26. The number of carbonyl (C=O) groups is 2. The van der Waals surface area contributed by atoms with Crippen molar-refractivity contribution in [1.29, 1.82) is 0 Å². The molecule has 5 nitrogen and oxygen atoms in total. The van der Waals surface area contributed by atoms with Gasteiger partial charge in [0.1, 0.15) is 11.5 Å². The van der Waals surface area contributed by atoms with Gasteiger partial charge in [0.15, 0.2) is 0 Å². The maximum Gasteiger partial charge on any atom is 0.318 e. The molecule has 0 unspecified atom stereocenters. The van der Waals surface area contributed by atoms with E-state index < -0.39 is 35.6 Å². The number of hydrogen-bond acceptors (Lipinski definition) is 5. The van der Waals surface area contributed by atoms with E-state index in [0.717, 1.165) is 0 Å². The number of rotatable bonds is 0. The van der Waals surface area contributed by atoms with Crippen LogP contribution in [-0.2, 0) is 14.3 Å². The molecule has 0 aromatic carbocycles. The summed E-state index contributed by atoms with van der Waals surface area (Å²) < 4.78 is 4.48. The van der Waals surface area contributed by atoms with Gasteiger partial charge in [-0.15, -0.1) is 0 Å². The summed E-state index contributed by atoms with van der Waals surface area (Å²) in [5.41, 5.74) is 0. The zero-order valence-corrected chi connectivity index (χ0v) is 7.14. The molecule has 3 aliphatic rings. The number of aliphatic hydroxyl groups excluding tert-OH is 2. The third-order valence-electron chi connectivity index (χ3n) is 3.47. The van der Waals surface area contributed by atoms with Crippen molar-refractivity contribution in [3.05, 3.63) is 11.5 Å². The van der Waals surface area contributed by atoms with Crippen molar-refractivity contribution in [1.82, 2.24) is 0 Å². The number of cyclic esters (lactones) is 2. The van der Waals surface area contributed by atoms with Gasteiger partial charge >= 0.3 is 11.9 Å². The van der Waals surface area contributed by atoms with Gasteiger partial charge in [-0.25, -0.2) is 0 Å². The molecular weight excluding hydrogens is 188 g/mol. The molecule has 1 saturated heterocycles. The van der Waals surface area contributed by atoms with Crippen molar-refractivity contribution >= 4 is 11.9 Å². The van der Waals surface area contributed by atoms with Gasteiger partial charge in [0.2, 0.25) is 0 Å². The van der Waals surface area contributed by atoms with Crippen molar-refractivity contribution in [2.45, 2.75) is 6.42 Å². The van der Waals surface area contributed by atoms with Crippen LogP contribution in [0, 0.1) is 23.7 Å². The molecule has 2 N–H and O–H groups in total. The molecule has 2 bridgehead atoms. The third kappa shape index (κ3) is 0.636. The van der Waals surface area contributed by atoms with Crippen molar-refractivity contribution in [2.24, 2.45) is 23.7 Å². The summed E-state index contributed by atoms with van der Waals surface area (Å²) in [7, 11) is 0. The Hall–Kier alpha value is -1.52. The van der Waals surface area contributed by atoms with E-state index in [1.54, 1.807) is 0 Å². The van der Waals surface area contributed by atoms with Crippen molar-refractivity contribution in [3.63, 3.8) is 0 Å². The van der Waals surface area contributed by atoms with Crippen LogP contribution in [0.2, 0.25) is 0 Å². The minimum absolute atomic E-state index is 0.136. The molecule has 1 heterocycles. The highest BCUT2D eigenvalue weighted by Gasteiger charge is 2.63. The van der Waals surface area contributed by atoms with E-state index in [1.807, 2.05) is 0 Å². The Labute approximate surface area is 79.0 Å². The maximum absolute atomic E-state index is 11.2. The van der Waals surface area contributed by atoms with Crippen molar-refractivity contribution in [3.8, 4) is 0 Å². The molecule has 0 aromatic heterocycles. The van der Waals surface area contributed by atoms with Gasteiger partial charge in [0.05, 0.1) is 11.8 Å². The van der Waals surface area contributed by atoms with Crippen molar-refractivity contribution in [2.75, 3.05) is 0 Å². The van der Waals surface area contributed by atoms with Crippen LogP contribution in [0.25, 0.3) is 0 Å². The van der Waals surface area contributed by atoms with Crippen molar-refractivity contribution < 1.29 is 24.5 Å². The number of esters is 2.